The summed E-state index contributed by atoms with van der Waals surface area (Å²) in [5.74, 6) is -0.375. The molecule has 4 amide bonds. The number of rotatable bonds is 13. The average molecular weight is 457 g/mol. The molecule has 0 saturated carbocycles. The first kappa shape index (κ1) is 29.8. The Morgan fingerprint density at radius 2 is 1.00 bits per heavy atom. The van der Waals surface area contributed by atoms with Crippen LogP contribution in [0.15, 0.2) is 0 Å². The molecule has 9 nitrogen and oxygen atoms in total. The van der Waals surface area contributed by atoms with Gasteiger partial charge in [0.05, 0.1) is 6.61 Å². The zero-order valence-corrected chi connectivity index (χ0v) is 21.2. The van der Waals surface area contributed by atoms with Crippen LogP contribution in [-0.4, -0.2) is 63.0 Å². The van der Waals surface area contributed by atoms with E-state index in [0.717, 1.165) is 0 Å². The van der Waals surface area contributed by atoms with Crippen molar-refractivity contribution in [3.05, 3.63) is 0 Å². The molecule has 4 N–H and O–H groups in total. The van der Waals surface area contributed by atoms with Gasteiger partial charge >= 0.3 is 0 Å². The quantitative estimate of drug-likeness (QED) is 0.312. The minimum Gasteiger partial charge on any atom is -0.381 e. The van der Waals surface area contributed by atoms with Gasteiger partial charge < -0.3 is 26.0 Å². The first-order valence-electron chi connectivity index (χ1n) is 11.3. The third-order valence-corrected chi connectivity index (χ3v) is 4.75. The van der Waals surface area contributed by atoms with Gasteiger partial charge in [0.25, 0.3) is 0 Å². The van der Waals surface area contributed by atoms with E-state index in [4.69, 9.17) is 4.74 Å². The maximum Gasteiger partial charge on any atom is 0.225 e. The average Bonchev–Trinajstić information content (AvgIpc) is 2.66. The van der Waals surface area contributed by atoms with E-state index in [9.17, 15) is 19.2 Å². The third-order valence-electron chi connectivity index (χ3n) is 4.75. The summed E-state index contributed by atoms with van der Waals surface area (Å²) in [5.41, 5.74) is -1.54. The van der Waals surface area contributed by atoms with Gasteiger partial charge in [0.1, 0.15) is 0 Å². The Kier molecular flexibility index (Phi) is 12.5. The van der Waals surface area contributed by atoms with Crippen molar-refractivity contribution < 1.29 is 23.9 Å². The lowest BCUT2D eigenvalue weighted by Crippen LogP contribution is -2.43. The molecule has 0 aliphatic carbocycles. The highest BCUT2D eigenvalue weighted by Gasteiger charge is 2.27. The molecule has 0 unspecified atom stereocenters. The maximum absolute atomic E-state index is 12.4. The van der Waals surface area contributed by atoms with E-state index in [-0.39, 0.29) is 36.7 Å². The van der Waals surface area contributed by atoms with Crippen LogP contribution >= 0.6 is 0 Å². The smallest absolute Gasteiger partial charge is 0.225 e. The van der Waals surface area contributed by atoms with Gasteiger partial charge in [0.15, 0.2) is 0 Å². The number of hydrogen-bond donors (Lipinski definition) is 4. The van der Waals surface area contributed by atoms with Crippen molar-refractivity contribution in [2.45, 2.75) is 68.2 Å². The van der Waals surface area contributed by atoms with Crippen molar-refractivity contribution in [1.82, 2.24) is 21.3 Å². The Morgan fingerprint density at radius 3 is 1.44 bits per heavy atom. The van der Waals surface area contributed by atoms with Crippen LogP contribution in [0.5, 0.6) is 0 Å². The van der Waals surface area contributed by atoms with E-state index in [1.807, 2.05) is 55.4 Å². The molecule has 0 fully saturated rings. The van der Waals surface area contributed by atoms with Gasteiger partial charge in [-0.1, -0.05) is 55.4 Å². The Balaban J connectivity index is 3.92. The lowest BCUT2D eigenvalue weighted by molar-refractivity contribution is -0.131. The Labute approximate surface area is 193 Å². The van der Waals surface area contributed by atoms with Crippen LogP contribution in [0.3, 0.4) is 0 Å². The maximum atomic E-state index is 12.4. The van der Waals surface area contributed by atoms with Gasteiger partial charge in [-0.25, -0.2) is 0 Å². The summed E-state index contributed by atoms with van der Waals surface area (Å²) in [5, 5.41) is 11.1. The molecule has 0 rings (SSSR count). The standard InChI is InChI=1S/C23H44N4O5/c1-21(2,3)18(29)25-12-11-24-17(28)9-15-32-16-10-23(7,8)20(31)27-14-13-26-19(30)22(4,5)6/h9-16H2,1-8H3,(H,24,28)(H,25,29)(H,26,30)(H,27,31). The Morgan fingerprint density at radius 1 is 0.594 bits per heavy atom. The van der Waals surface area contributed by atoms with E-state index < -0.39 is 16.2 Å². The van der Waals surface area contributed by atoms with Crippen LogP contribution in [0.1, 0.15) is 68.2 Å². The van der Waals surface area contributed by atoms with Crippen LogP contribution in [-0.2, 0) is 23.9 Å². The summed E-state index contributed by atoms with van der Waals surface area (Å²) in [6, 6.07) is 0. The second kappa shape index (κ2) is 13.4. The van der Waals surface area contributed by atoms with Gasteiger partial charge in [-0.05, 0) is 6.42 Å². The second-order valence-corrected chi connectivity index (χ2v) is 10.6. The van der Waals surface area contributed by atoms with E-state index in [1.54, 1.807) is 0 Å². The van der Waals surface area contributed by atoms with Crippen molar-refractivity contribution in [3.8, 4) is 0 Å². The number of nitrogens with one attached hydrogen (secondary N) is 4. The van der Waals surface area contributed by atoms with Gasteiger partial charge in [0, 0.05) is 55.5 Å². The van der Waals surface area contributed by atoms with E-state index in [1.165, 1.54) is 0 Å². The van der Waals surface area contributed by atoms with Gasteiger partial charge in [0.2, 0.25) is 23.6 Å². The molecule has 0 saturated heterocycles. The Bertz CT molecular complexity index is 633. The number of amides is 4. The summed E-state index contributed by atoms with van der Waals surface area (Å²) in [4.78, 5) is 47.7. The zero-order valence-electron chi connectivity index (χ0n) is 21.2. The molecule has 9 heteroatoms. The molecule has 32 heavy (non-hydrogen) atoms. The van der Waals surface area contributed by atoms with Crippen LogP contribution in [0.4, 0.5) is 0 Å². The summed E-state index contributed by atoms with van der Waals surface area (Å²) in [6.45, 7) is 16.8. The van der Waals surface area contributed by atoms with Crippen molar-refractivity contribution in [3.63, 3.8) is 0 Å². The van der Waals surface area contributed by atoms with Crippen molar-refractivity contribution >= 4 is 23.6 Å². The third kappa shape index (κ3) is 13.3. The number of carbonyl (C=O) groups is 4. The van der Waals surface area contributed by atoms with Crippen molar-refractivity contribution in [2.24, 2.45) is 16.2 Å². The second-order valence-electron chi connectivity index (χ2n) is 10.6. The number of hydrogen-bond acceptors (Lipinski definition) is 5. The minimum absolute atomic E-state index is 0.0573. The molecule has 0 radical (unpaired) electrons. The van der Waals surface area contributed by atoms with Gasteiger partial charge in [-0.2, -0.15) is 0 Å². The molecular weight excluding hydrogens is 412 g/mol. The normalized spacial score (nSPS) is 12.1. The molecule has 186 valence electrons. The van der Waals surface area contributed by atoms with Crippen LogP contribution in [0, 0.1) is 16.2 Å². The fraction of sp³-hybridized carbons (Fsp3) is 0.826. The summed E-state index contributed by atoms with van der Waals surface area (Å²) < 4.78 is 5.51. The highest BCUT2D eigenvalue weighted by atomic mass is 16.5. The Hall–Kier alpha value is -2.16. The molecule has 0 aromatic rings. The van der Waals surface area contributed by atoms with Crippen LogP contribution in [0.2, 0.25) is 0 Å². The molecular formula is C23H44N4O5. The first-order valence-corrected chi connectivity index (χ1v) is 11.3. The molecule has 0 bridgehead atoms. The number of ether oxygens (including phenoxy) is 1. The van der Waals surface area contributed by atoms with Crippen molar-refractivity contribution in [2.75, 3.05) is 39.4 Å². The van der Waals surface area contributed by atoms with E-state index in [2.05, 4.69) is 21.3 Å². The molecule has 0 aromatic carbocycles. The fourth-order valence-corrected chi connectivity index (χ4v) is 2.30. The first-order chi connectivity index (χ1) is 14.6. The van der Waals surface area contributed by atoms with Gasteiger partial charge in [-0.15, -0.1) is 0 Å². The van der Waals surface area contributed by atoms with Gasteiger partial charge in [-0.3, -0.25) is 19.2 Å². The molecule has 0 atom stereocenters. The van der Waals surface area contributed by atoms with Crippen LogP contribution < -0.4 is 21.3 Å². The molecule has 0 heterocycles. The highest BCUT2D eigenvalue weighted by Crippen LogP contribution is 2.20. The highest BCUT2D eigenvalue weighted by molar-refractivity contribution is 5.83. The SMILES string of the molecule is CC(C)(C)C(=O)NCCNC(=O)CCOCCC(C)(C)C(=O)NCCNC(=O)C(C)(C)C. The largest absolute Gasteiger partial charge is 0.381 e. The topological polar surface area (TPSA) is 126 Å². The van der Waals surface area contributed by atoms with E-state index >= 15 is 0 Å². The molecule has 0 aromatic heterocycles. The zero-order chi connectivity index (χ0) is 25.0. The summed E-state index contributed by atoms with van der Waals surface area (Å²) in [7, 11) is 0. The molecule has 0 aliphatic heterocycles. The monoisotopic (exact) mass is 456 g/mol. The van der Waals surface area contributed by atoms with E-state index in [0.29, 0.717) is 39.2 Å². The van der Waals surface area contributed by atoms with Crippen LogP contribution in [0.25, 0.3) is 0 Å². The fourth-order valence-electron chi connectivity index (χ4n) is 2.30. The number of carbonyl (C=O) groups excluding carboxylic acids is 4. The predicted octanol–water partition coefficient (Wildman–Crippen LogP) is 1.37. The van der Waals surface area contributed by atoms with Crippen molar-refractivity contribution in [1.29, 1.82) is 0 Å². The minimum atomic E-state index is -0.623. The summed E-state index contributed by atoms with van der Waals surface area (Å²) >= 11 is 0. The molecule has 0 spiro atoms. The molecule has 0 aliphatic rings. The lowest BCUT2D eigenvalue weighted by atomic mass is 9.88. The predicted molar refractivity (Wildman–Crippen MR) is 125 cm³/mol. The lowest BCUT2D eigenvalue weighted by Gasteiger charge is -2.24. The summed E-state index contributed by atoms with van der Waals surface area (Å²) in [6.07, 6.45) is 0.723.